The molecule has 3 aromatic rings. The Morgan fingerprint density at radius 2 is 1.48 bits per heavy atom. The van der Waals surface area contributed by atoms with Crippen LogP contribution in [0.3, 0.4) is 0 Å². The highest BCUT2D eigenvalue weighted by Gasteiger charge is 2.35. The van der Waals surface area contributed by atoms with Crippen molar-refractivity contribution in [3.8, 4) is 0 Å². The first kappa shape index (κ1) is 30.9. The minimum absolute atomic E-state index is 0.0962. The number of aryl methyl sites for hydroxylation is 3. The number of carbonyl (C=O) groups excluding carboxylic acids is 2. The van der Waals surface area contributed by atoms with Crippen LogP contribution in [0.15, 0.2) is 77.7 Å². The van der Waals surface area contributed by atoms with Crippen LogP contribution < -0.4 is 9.62 Å². The average molecular weight is 564 g/mol. The van der Waals surface area contributed by atoms with E-state index in [1.807, 2.05) is 90.9 Å². The monoisotopic (exact) mass is 563 g/mol. The molecule has 0 heterocycles. The number of hydrogen-bond acceptors (Lipinski definition) is 4. The van der Waals surface area contributed by atoms with Crippen molar-refractivity contribution in [3.63, 3.8) is 0 Å². The largest absolute Gasteiger partial charge is 0.350 e. The van der Waals surface area contributed by atoms with Gasteiger partial charge in [0.15, 0.2) is 0 Å². The maximum atomic E-state index is 14.2. The number of rotatable bonds is 10. The lowest BCUT2D eigenvalue weighted by molar-refractivity contribution is -0.141. The third kappa shape index (κ3) is 7.72. The maximum absolute atomic E-state index is 14.2. The Labute approximate surface area is 239 Å². The molecule has 0 spiro atoms. The van der Waals surface area contributed by atoms with Gasteiger partial charge in [0.2, 0.25) is 11.8 Å². The number of sulfonamides is 1. The average Bonchev–Trinajstić information content (AvgIpc) is 2.88. The van der Waals surface area contributed by atoms with E-state index in [1.54, 1.807) is 30.3 Å². The highest BCUT2D eigenvalue weighted by Crippen LogP contribution is 2.29. The molecule has 0 saturated heterocycles. The third-order valence-corrected chi connectivity index (χ3v) is 8.37. The number of nitrogens with one attached hydrogen (secondary N) is 1. The summed E-state index contributed by atoms with van der Waals surface area (Å²) < 4.78 is 29.3. The minimum atomic E-state index is -4.11. The van der Waals surface area contributed by atoms with Gasteiger partial charge in [-0.05, 0) is 82.9 Å². The Balaban J connectivity index is 2.10. The lowest BCUT2D eigenvalue weighted by Gasteiger charge is -2.35. The van der Waals surface area contributed by atoms with Crippen molar-refractivity contribution < 1.29 is 18.0 Å². The molecule has 0 fully saturated rings. The molecular weight excluding hydrogens is 522 g/mol. The van der Waals surface area contributed by atoms with Gasteiger partial charge in [0.05, 0.1) is 10.6 Å². The molecule has 0 aliphatic heterocycles. The van der Waals surface area contributed by atoms with Crippen LogP contribution >= 0.6 is 0 Å². The topological polar surface area (TPSA) is 86.8 Å². The van der Waals surface area contributed by atoms with Crippen LogP contribution in [-0.2, 0) is 26.2 Å². The van der Waals surface area contributed by atoms with E-state index in [-0.39, 0.29) is 17.3 Å². The second kappa shape index (κ2) is 12.7. The van der Waals surface area contributed by atoms with Crippen LogP contribution in [0.1, 0.15) is 56.4 Å². The molecule has 0 bridgehead atoms. The zero-order chi connectivity index (χ0) is 29.7. The molecule has 0 aromatic heterocycles. The summed E-state index contributed by atoms with van der Waals surface area (Å²) in [5, 5.41) is 2.99. The molecule has 0 aliphatic rings. The molecule has 0 unspecified atom stereocenters. The van der Waals surface area contributed by atoms with Crippen molar-refractivity contribution in [2.75, 3.05) is 10.8 Å². The van der Waals surface area contributed by atoms with E-state index in [1.165, 1.54) is 9.21 Å². The van der Waals surface area contributed by atoms with Crippen LogP contribution in [0.5, 0.6) is 0 Å². The summed E-state index contributed by atoms with van der Waals surface area (Å²) in [5.41, 5.74) is 3.30. The fraction of sp³-hybridized carbons (Fsp3) is 0.375. The Bertz CT molecular complexity index is 1430. The number of hydrogen-bond donors (Lipinski definition) is 1. The number of amides is 2. The van der Waals surface area contributed by atoms with E-state index >= 15 is 0 Å². The van der Waals surface area contributed by atoms with E-state index < -0.39 is 34.1 Å². The third-order valence-electron chi connectivity index (χ3n) is 6.60. The first-order valence-corrected chi connectivity index (χ1v) is 15.0. The first-order chi connectivity index (χ1) is 18.7. The molecule has 0 aliphatic carbocycles. The molecule has 8 heteroatoms. The standard InChI is InChI=1S/C32H41N3O4S/c1-8-28(31(37)33-32(5,6)7)34(21-26-12-10-9-11-13-26)30(36)22-35(29-20-24(3)14-17-25(29)4)40(38,39)27-18-15-23(2)16-19-27/h9-20,28H,8,21-22H2,1-7H3,(H,33,37)/t28-/m1/s1. The van der Waals surface area contributed by atoms with Gasteiger partial charge in [-0.2, -0.15) is 0 Å². The number of nitrogens with zero attached hydrogens (tertiary/aromatic N) is 2. The fourth-order valence-electron chi connectivity index (χ4n) is 4.49. The van der Waals surface area contributed by atoms with E-state index in [0.29, 0.717) is 12.1 Å². The van der Waals surface area contributed by atoms with Gasteiger partial charge in [-0.15, -0.1) is 0 Å². The molecule has 0 radical (unpaired) electrons. The highest BCUT2D eigenvalue weighted by molar-refractivity contribution is 7.92. The van der Waals surface area contributed by atoms with Crippen molar-refractivity contribution in [1.29, 1.82) is 0 Å². The Morgan fingerprint density at radius 3 is 2.05 bits per heavy atom. The lowest BCUT2D eigenvalue weighted by atomic mass is 10.1. The zero-order valence-electron chi connectivity index (χ0n) is 24.6. The van der Waals surface area contributed by atoms with Gasteiger partial charge in [-0.25, -0.2) is 8.42 Å². The molecule has 7 nitrogen and oxygen atoms in total. The smallest absolute Gasteiger partial charge is 0.264 e. The van der Waals surface area contributed by atoms with Crippen molar-refractivity contribution in [2.45, 2.75) is 77.9 Å². The molecular formula is C32H41N3O4S. The molecule has 2 amide bonds. The van der Waals surface area contributed by atoms with E-state index in [2.05, 4.69) is 5.32 Å². The summed E-state index contributed by atoms with van der Waals surface area (Å²) in [7, 11) is -4.11. The van der Waals surface area contributed by atoms with Crippen molar-refractivity contribution in [1.82, 2.24) is 10.2 Å². The summed E-state index contributed by atoms with van der Waals surface area (Å²) in [4.78, 5) is 29.2. The SMILES string of the molecule is CC[C@H](C(=O)NC(C)(C)C)N(Cc1ccccc1)C(=O)CN(c1cc(C)ccc1C)S(=O)(=O)c1ccc(C)cc1. The van der Waals surface area contributed by atoms with E-state index in [9.17, 15) is 18.0 Å². The fourth-order valence-corrected chi connectivity index (χ4v) is 5.96. The van der Waals surface area contributed by atoms with Crippen LogP contribution in [0, 0.1) is 20.8 Å². The van der Waals surface area contributed by atoms with Gasteiger partial charge >= 0.3 is 0 Å². The molecule has 0 saturated carbocycles. The van der Waals surface area contributed by atoms with E-state index in [4.69, 9.17) is 0 Å². The van der Waals surface area contributed by atoms with Gasteiger partial charge in [-0.3, -0.25) is 13.9 Å². The van der Waals surface area contributed by atoms with Gasteiger partial charge in [0, 0.05) is 12.1 Å². The molecule has 214 valence electrons. The molecule has 3 aromatic carbocycles. The number of benzene rings is 3. The van der Waals surface area contributed by atoms with Crippen molar-refractivity contribution in [3.05, 3.63) is 95.1 Å². The Kier molecular flexibility index (Phi) is 9.79. The molecule has 3 rings (SSSR count). The molecule has 40 heavy (non-hydrogen) atoms. The quantitative estimate of drug-likeness (QED) is 0.352. The predicted molar refractivity (Wildman–Crippen MR) is 161 cm³/mol. The van der Waals surface area contributed by atoms with Crippen molar-refractivity contribution >= 4 is 27.5 Å². The van der Waals surface area contributed by atoms with Gasteiger partial charge in [0.25, 0.3) is 10.0 Å². The van der Waals surface area contributed by atoms with Crippen LogP contribution in [0.2, 0.25) is 0 Å². The predicted octanol–water partition coefficient (Wildman–Crippen LogP) is 5.53. The molecule has 1 atom stereocenters. The van der Waals surface area contributed by atoms with Crippen LogP contribution in [0.25, 0.3) is 0 Å². The Hall–Kier alpha value is -3.65. The van der Waals surface area contributed by atoms with Gasteiger partial charge < -0.3 is 10.2 Å². The van der Waals surface area contributed by atoms with Crippen LogP contribution in [0.4, 0.5) is 5.69 Å². The summed E-state index contributed by atoms with van der Waals surface area (Å²) in [6.07, 6.45) is 0.370. The summed E-state index contributed by atoms with van der Waals surface area (Å²) in [5.74, 6) is -0.740. The summed E-state index contributed by atoms with van der Waals surface area (Å²) >= 11 is 0. The Morgan fingerprint density at radius 1 is 0.875 bits per heavy atom. The lowest BCUT2D eigenvalue weighted by Crippen LogP contribution is -2.55. The van der Waals surface area contributed by atoms with E-state index in [0.717, 1.165) is 22.3 Å². The second-order valence-electron chi connectivity index (χ2n) is 11.3. The molecule has 1 N–H and O–H groups in total. The van der Waals surface area contributed by atoms with Gasteiger partial charge in [0.1, 0.15) is 12.6 Å². The zero-order valence-corrected chi connectivity index (χ0v) is 25.4. The second-order valence-corrected chi connectivity index (χ2v) is 13.1. The van der Waals surface area contributed by atoms with Crippen LogP contribution in [-0.4, -0.2) is 43.3 Å². The highest BCUT2D eigenvalue weighted by atomic mass is 32.2. The first-order valence-electron chi connectivity index (χ1n) is 13.5. The maximum Gasteiger partial charge on any atom is 0.264 e. The normalized spacial score (nSPS) is 12.5. The minimum Gasteiger partial charge on any atom is -0.350 e. The number of carbonyl (C=O) groups is 2. The van der Waals surface area contributed by atoms with Crippen molar-refractivity contribution in [2.24, 2.45) is 0 Å². The van der Waals surface area contributed by atoms with Gasteiger partial charge in [-0.1, -0.05) is 67.1 Å². The number of anilines is 1. The summed E-state index contributed by atoms with van der Waals surface area (Å²) in [6, 6.07) is 20.7. The summed E-state index contributed by atoms with van der Waals surface area (Å²) in [6.45, 7) is 12.8.